The molecule has 41 heavy (non-hydrogen) atoms. The van der Waals surface area contributed by atoms with E-state index >= 15 is 0 Å². The molecule has 1 aromatic carbocycles. The lowest BCUT2D eigenvalue weighted by atomic mass is 10.2. The van der Waals surface area contributed by atoms with Crippen LogP contribution < -0.4 is 10.9 Å². The van der Waals surface area contributed by atoms with Gasteiger partial charge in [-0.05, 0) is 29.1 Å². The maximum Gasteiger partial charge on any atom is 0.331 e. The number of hydrogen-bond donors (Lipinski definition) is 2. The molecule has 2 aliphatic heterocycles. The smallest absolute Gasteiger partial charge is 0.331 e. The summed E-state index contributed by atoms with van der Waals surface area (Å²) in [5.41, 5.74) is 6.45. The number of methoxy groups -OCH3 is 2. The van der Waals surface area contributed by atoms with Crippen molar-refractivity contribution in [2.24, 2.45) is 0 Å². The molecule has 212 valence electrons. The summed E-state index contributed by atoms with van der Waals surface area (Å²) in [6.07, 6.45) is 2.21. The van der Waals surface area contributed by atoms with Crippen LogP contribution in [-0.4, -0.2) is 67.7 Å². The van der Waals surface area contributed by atoms with E-state index in [0.29, 0.717) is 33.5 Å². The summed E-state index contributed by atoms with van der Waals surface area (Å²) in [6, 6.07) is 9.83. The number of nitrogens with zero attached hydrogens (tertiary/aromatic N) is 6. The van der Waals surface area contributed by atoms with Crippen molar-refractivity contribution in [3.8, 4) is 0 Å². The van der Waals surface area contributed by atoms with Crippen LogP contribution in [0.1, 0.15) is 21.8 Å². The third-order valence-electron chi connectivity index (χ3n) is 5.38. The van der Waals surface area contributed by atoms with Crippen molar-refractivity contribution in [3.05, 3.63) is 69.5 Å². The van der Waals surface area contributed by atoms with Crippen molar-refractivity contribution < 1.29 is 28.7 Å². The first-order valence-electron chi connectivity index (χ1n) is 11.6. The minimum atomic E-state index is -0.640. The normalized spacial score (nSPS) is 16.9. The van der Waals surface area contributed by atoms with Gasteiger partial charge in [-0.25, -0.2) is 18.9 Å². The molecule has 0 radical (unpaired) electrons. The number of carbonyl (C=O) groups is 4. The highest BCUT2D eigenvalue weighted by Crippen LogP contribution is 2.43. The quantitative estimate of drug-likeness (QED) is 0.200. The van der Waals surface area contributed by atoms with E-state index < -0.39 is 23.8 Å². The number of esters is 2. The summed E-state index contributed by atoms with van der Waals surface area (Å²) in [5, 5.41) is 17.6. The van der Waals surface area contributed by atoms with E-state index in [1.165, 1.54) is 23.6 Å². The van der Waals surface area contributed by atoms with Gasteiger partial charge >= 0.3 is 11.9 Å². The largest absolute Gasteiger partial charge is 0.466 e. The molecule has 0 saturated carbocycles. The van der Waals surface area contributed by atoms with Gasteiger partial charge in [0.25, 0.3) is 11.8 Å². The van der Waals surface area contributed by atoms with Crippen LogP contribution in [-0.2, 0) is 40.2 Å². The van der Waals surface area contributed by atoms with E-state index in [-0.39, 0.29) is 14.4 Å². The second-order valence-electron chi connectivity index (χ2n) is 7.98. The van der Waals surface area contributed by atoms with E-state index in [2.05, 4.69) is 40.7 Å². The van der Waals surface area contributed by atoms with Gasteiger partial charge in [0, 0.05) is 12.2 Å². The zero-order valence-corrected chi connectivity index (χ0v) is 24.6. The molecule has 14 nitrogen and oxygen atoms in total. The Hall–Kier alpha value is -3.74. The Labute approximate surface area is 249 Å². The summed E-state index contributed by atoms with van der Waals surface area (Å²) in [7, 11) is 2.47. The molecule has 5 rings (SSSR count). The van der Waals surface area contributed by atoms with Crippen LogP contribution in [0.3, 0.4) is 0 Å². The van der Waals surface area contributed by atoms with Gasteiger partial charge in [-0.2, -0.15) is 0 Å². The lowest BCUT2D eigenvalue weighted by molar-refractivity contribution is -0.135. The number of thioether (sulfide) groups is 4. The molecule has 0 spiro atoms. The molecule has 0 atom stereocenters. The average molecular weight is 633 g/mol. The first-order valence-corrected chi connectivity index (χ1v) is 15.3. The maximum atomic E-state index is 12.5. The van der Waals surface area contributed by atoms with Crippen LogP contribution in [0, 0.1) is 0 Å². The molecule has 4 heterocycles. The number of ether oxygens (including phenoxy) is 2. The molecule has 0 fully saturated rings. The van der Waals surface area contributed by atoms with Crippen molar-refractivity contribution in [2.75, 3.05) is 25.1 Å². The van der Waals surface area contributed by atoms with Crippen LogP contribution in [0.25, 0.3) is 0 Å². The maximum absolute atomic E-state index is 12.5. The first-order chi connectivity index (χ1) is 19.9. The number of hydrogen-bond acceptors (Lipinski definition) is 14. The standard InChI is InChI=1S/C23H20N8O6S4/c1-36-17(32)8-13-19(34)28-30-15(24-26-22(30)40-13)10-38-21(12-6-4-3-5-7-12)39-11-16-25-27-23-31(16)29-20(35)14(41-23)9-18(33)37-2/h3-9,21H,10-11H2,1-2H3,(H,28,34)(H,29,35)/b13-8-,14-9-. The fourth-order valence-electron chi connectivity index (χ4n) is 3.42. The van der Waals surface area contributed by atoms with Crippen LogP contribution in [0.15, 0.2) is 62.6 Å². The molecule has 0 unspecified atom stereocenters. The molecule has 2 N–H and O–H groups in total. The van der Waals surface area contributed by atoms with Crippen molar-refractivity contribution in [3.63, 3.8) is 0 Å². The highest BCUT2D eigenvalue weighted by molar-refractivity contribution is 8.15. The summed E-state index contributed by atoms with van der Waals surface area (Å²) in [5.74, 6) is -0.344. The minimum absolute atomic E-state index is 0.0828. The van der Waals surface area contributed by atoms with E-state index in [9.17, 15) is 19.2 Å². The molecule has 0 aliphatic carbocycles. The number of fused-ring (bicyclic) bond motifs is 2. The predicted molar refractivity (Wildman–Crippen MR) is 152 cm³/mol. The lowest BCUT2D eigenvalue weighted by Gasteiger charge is -2.20. The van der Waals surface area contributed by atoms with Gasteiger partial charge < -0.3 is 9.47 Å². The molecule has 18 heteroatoms. The van der Waals surface area contributed by atoms with Crippen LogP contribution in [0.2, 0.25) is 0 Å². The number of nitrogens with one attached hydrogen (secondary N) is 2. The zero-order valence-electron chi connectivity index (χ0n) is 21.3. The molecule has 0 bridgehead atoms. The molecule has 3 aromatic rings. The Morgan fingerprint density at radius 3 is 1.73 bits per heavy atom. The monoisotopic (exact) mass is 632 g/mol. The Morgan fingerprint density at radius 1 is 0.829 bits per heavy atom. The van der Waals surface area contributed by atoms with Gasteiger partial charge in [0.05, 0.1) is 40.1 Å². The fraction of sp³-hybridized carbons (Fsp3) is 0.217. The van der Waals surface area contributed by atoms with Gasteiger partial charge in [-0.3, -0.25) is 20.4 Å². The van der Waals surface area contributed by atoms with Crippen LogP contribution in [0.4, 0.5) is 0 Å². The Morgan fingerprint density at radius 2 is 1.29 bits per heavy atom. The van der Waals surface area contributed by atoms with Crippen LogP contribution in [0.5, 0.6) is 0 Å². The Balaban J connectivity index is 1.29. The third-order valence-corrected chi connectivity index (χ3v) is 10.1. The topological polar surface area (TPSA) is 172 Å². The summed E-state index contributed by atoms with van der Waals surface area (Å²) in [4.78, 5) is 48.5. The van der Waals surface area contributed by atoms with Crippen molar-refractivity contribution in [1.82, 2.24) is 29.7 Å². The van der Waals surface area contributed by atoms with E-state index in [4.69, 9.17) is 0 Å². The third kappa shape index (κ3) is 6.61. The first kappa shape index (κ1) is 28.8. The number of carbonyl (C=O) groups excluding carboxylic acids is 4. The molecular formula is C23H20N8O6S4. The molecule has 0 saturated heterocycles. The van der Waals surface area contributed by atoms with Gasteiger partial charge in [-0.15, -0.1) is 43.9 Å². The minimum Gasteiger partial charge on any atom is -0.466 e. The summed E-state index contributed by atoms with van der Waals surface area (Å²) in [6.45, 7) is 0. The van der Waals surface area contributed by atoms with E-state index in [1.54, 1.807) is 23.5 Å². The number of amides is 2. The number of aromatic nitrogens is 6. The predicted octanol–water partition coefficient (Wildman–Crippen LogP) is 2.20. The molecular weight excluding hydrogens is 613 g/mol. The Kier molecular flexibility index (Phi) is 9.01. The second-order valence-corrected chi connectivity index (χ2v) is 12.5. The van der Waals surface area contributed by atoms with Gasteiger partial charge in [0.1, 0.15) is 0 Å². The molecule has 2 aromatic heterocycles. The molecule has 2 amide bonds. The van der Waals surface area contributed by atoms with Crippen molar-refractivity contribution >= 4 is 70.8 Å². The van der Waals surface area contributed by atoms with Gasteiger partial charge in [0.2, 0.25) is 10.3 Å². The fourth-order valence-corrected chi connectivity index (χ4v) is 7.52. The number of rotatable bonds is 9. The van der Waals surface area contributed by atoms with Crippen molar-refractivity contribution in [1.29, 1.82) is 0 Å². The van der Waals surface area contributed by atoms with E-state index in [1.807, 2.05) is 30.3 Å². The van der Waals surface area contributed by atoms with E-state index in [0.717, 1.165) is 41.2 Å². The molecule has 2 aliphatic rings. The zero-order chi connectivity index (χ0) is 28.9. The SMILES string of the molecule is COC(=O)/C=C1\Sc2nnc(CSC(SCc3nnc4n3NC(=O)/C(=C/C(=O)OC)S4)c3ccccc3)n2NC1=O. The highest BCUT2D eigenvalue weighted by Gasteiger charge is 2.29. The number of benzene rings is 1. The van der Waals surface area contributed by atoms with Crippen LogP contribution >= 0.6 is 47.0 Å². The lowest BCUT2D eigenvalue weighted by Crippen LogP contribution is -2.30. The van der Waals surface area contributed by atoms with Crippen molar-refractivity contribution in [2.45, 2.75) is 26.4 Å². The highest BCUT2D eigenvalue weighted by atomic mass is 32.2. The summed E-state index contributed by atoms with van der Waals surface area (Å²) >= 11 is 5.19. The second kappa shape index (κ2) is 12.8. The van der Waals surface area contributed by atoms with Gasteiger partial charge in [-0.1, -0.05) is 30.3 Å². The van der Waals surface area contributed by atoms with Gasteiger partial charge in [0.15, 0.2) is 11.6 Å². The average Bonchev–Trinajstić information content (AvgIpc) is 3.56. The Bertz CT molecular complexity index is 1470. The summed E-state index contributed by atoms with van der Waals surface area (Å²) < 4.78 is 12.1.